The van der Waals surface area contributed by atoms with E-state index in [1.807, 2.05) is 37.3 Å². The molecule has 0 amide bonds. The molecule has 2 nitrogen and oxygen atoms in total. The summed E-state index contributed by atoms with van der Waals surface area (Å²) in [5, 5.41) is 1.54. The van der Waals surface area contributed by atoms with E-state index in [2.05, 4.69) is 9.38 Å². The Balaban J connectivity index is 2.21. The minimum absolute atomic E-state index is 0.246. The first-order valence-corrected chi connectivity index (χ1v) is 7.34. The van der Waals surface area contributed by atoms with Gasteiger partial charge < -0.3 is 0 Å². The standard InChI is InChI=1S/C18H12ClFN2/c1-11-21-10-13-9-15(14-4-2-3-5-17(14)20)16-8-12(19)6-7-18(16)22(11)13/h2-10H,1H3. The third-order valence-corrected chi connectivity index (χ3v) is 4.15. The summed E-state index contributed by atoms with van der Waals surface area (Å²) in [5.74, 6) is 0.645. The molecule has 0 aliphatic rings. The molecule has 0 fully saturated rings. The molecule has 0 aliphatic heterocycles. The largest absolute Gasteiger partial charge is 0.297 e. The number of benzene rings is 2. The van der Waals surface area contributed by atoms with E-state index in [0.717, 1.165) is 27.8 Å². The van der Waals surface area contributed by atoms with Gasteiger partial charge in [0, 0.05) is 16.0 Å². The molecule has 0 aliphatic carbocycles. The number of nitrogens with zero attached hydrogens (tertiary/aromatic N) is 2. The number of rotatable bonds is 1. The van der Waals surface area contributed by atoms with Crippen molar-refractivity contribution in [3.05, 3.63) is 71.4 Å². The Morgan fingerprint density at radius 1 is 1.05 bits per heavy atom. The lowest BCUT2D eigenvalue weighted by Crippen LogP contribution is -1.94. The van der Waals surface area contributed by atoms with Gasteiger partial charge in [0.25, 0.3) is 0 Å². The zero-order chi connectivity index (χ0) is 15.3. The Bertz CT molecular complexity index is 1020. The molecule has 108 valence electrons. The van der Waals surface area contributed by atoms with E-state index < -0.39 is 0 Å². The van der Waals surface area contributed by atoms with E-state index in [4.69, 9.17) is 11.6 Å². The van der Waals surface area contributed by atoms with Gasteiger partial charge in [0.05, 0.1) is 17.2 Å². The predicted molar refractivity (Wildman–Crippen MR) is 87.8 cm³/mol. The lowest BCUT2D eigenvalue weighted by Gasteiger charge is -2.12. The van der Waals surface area contributed by atoms with Gasteiger partial charge in [0.1, 0.15) is 11.6 Å². The van der Waals surface area contributed by atoms with Crippen molar-refractivity contribution in [3.63, 3.8) is 0 Å². The molecule has 0 bridgehead atoms. The summed E-state index contributed by atoms with van der Waals surface area (Å²) in [6, 6.07) is 14.4. The van der Waals surface area contributed by atoms with Gasteiger partial charge in [-0.05, 0) is 42.8 Å². The number of pyridine rings is 1. The highest BCUT2D eigenvalue weighted by Gasteiger charge is 2.13. The molecular weight excluding hydrogens is 299 g/mol. The van der Waals surface area contributed by atoms with Crippen LogP contribution >= 0.6 is 11.6 Å². The first kappa shape index (κ1) is 13.3. The van der Waals surface area contributed by atoms with Crippen LogP contribution in [0.3, 0.4) is 0 Å². The number of fused-ring (bicyclic) bond motifs is 3. The van der Waals surface area contributed by atoms with Crippen LogP contribution in [0, 0.1) is 12.7 Å². The van der Waals surface area contributed by atoms with Crippen LogP contribution in [0.25, 0.3) is 27.5 Å². The van der Waals surface area contributed by atoms with Crippen molar-refractivity contribution >= 4 is 28.0 Å². The zero-order valence-electron chi connectivity index (χ0n) is 11.8. The van der Waals surface area contributed by atoms with E-state index in [0.29, 0.717) is 10.6 Å². The van der Waals surface area contributed by atoms with Gasteiger partial charge in [-0.2, -0.15) is 0 Å². The summed E-state index contributed by atoms with van der Waals surface area (Å²) in [7, 11) is 0. The number of aryl methyl sites for hydroxylation is 1. The highest BCUT2D eigenvalue weighted by Crippen LogP contribution is 2.34. The fourth-order valence-electron chi connectivity index (χ4n) is 2.92. The molecule has 22 heavy (non-hydrogen) atoms. The summed E-state index contributed by atoms with van der Waals surface area (Å²) in [5.41, 5.74) is 3.29. The van der Waals surface area contributed by atoms with Crippen LogP contribution in [0.2, 0.25) is 5.02 Å². The molecule has 2 aromatic carbocycles. The summed E-state index contributed by atoms with van der Waals surface area (Å²) in [4.78, 5) is 4.36. The molecular formula is C18H12ClFN2. The lowest BCUT2D eigenvalue weighted by atomic mass is 10.00. The van der Waals surface area contributed by atoms with Gasteiger partial charge in [0.2, 0.25) is 0 Å². The van der Waals surface area contributed by atoms with Gasteiger partial charge in [-0.3, -0.25) is 4.40 Å². The molecule has 4 aromatic rings. The van der Waals surface area contributed by atoms with Gasteiger partial charge in [-0.1, -0.05) is 29.8 Å². The summed E-state index contributed by atoms with van der Waals surface area (Å²) < 4.78 is 16.3. The Morgan fingerprint density at radius 3 is 2.68 bits per heavy atom. The second kappa shape index (κ2) is 4.82. The Labute approximate surface area is 131 Å². The van der Waals surface area contributed by atoms with E-state index >= 15 is 0 Å². The van der Waals surface area contributed by atoms with E-state index in [-0.39, 0.29) is 5.82 Å². The molecule has 0 spiro atoms. The number of imidazole rings is 1. The molecule has 0 unspecified atom stereocenters. The number of hydrogen-bond donors (Lipinski definition) is 0. The third kappa shape index (κ3) is 1.90. The van der Waals surface area contributed by atoms with Crippen LogP contribution in [0.1, 0.15) is 5.82 Å². The first-order valence-electron chi connectivity index (χ1n) is 6.96. The van der Waals surface area contributed by atoms with Crippen LogP contribution in [0.15, 0.2) is 54.7 Å². The number of aromatic nitrogens is 2. The second-order valence-electron chi connectivity index (χ2n) is 5.27. The van der Waals surface area contributed by atoms with Crippen LogP contribution in [0.5, 0.6) is 0 Å². The SMILES string of the molecule is Cc1ncc2cc(-c3ccccc3F)c3cc(Cl)ccc3n12. The molecule has 4 rings (SSSR count). The van der Waals surface area contributed by atoms with Crippen molar-refractivity contribution in [3.8, 4) is 11.1 Å². The molecule has 0 N–H and O–H groups in total. The maximum absolute atomic E-state index is 14.3. The molecule has 4 heteroatoms. The van der Waals surface area contributed by atoms with Crippen molar-refractivity contribution in [2.24, 2.45) is 0 Å². The fourth-order valence-corrected chi connectivity index (χ4v) is 3.10. The highest BCUT2D eigenvalue weighted by molar-refractivity contribution is 6.31. The maximum atomic E-state index is 14.3. The Hall–Kier alpha value is -2.39. The van der Waals surface area contributed by atoms with Gasteiger partial charge in [0.15, 0.2) is 0 Å². The normalized spacial score (nSPS) is 11.4. The molecule has 0 saturated heterocycles. The first-order chi connectivity index (χ1) is 10.6. The van der Waals surface area contributed by atoms with E-state index in [1.54, 1.807) is 18.3 Å². The average molecular weight is 311 g/mol. The Morgan fingerprint density at radius 2 is 1.86 bits per heavy atom. The van der Waals surface area contributed by atoms with Crippen molar-refractivity contribution in [1.29, 1.82) is 0 Å². The molecule has 2 aromatic heterocycles. The average Bonchev–Trinajstić information content (AvgIpc) is 2.88. The molecule has 2 heterocycles. The molecule has 0 radical (unpaired) electrons. The molecule has 0 saturated carbocycles. The quantitative estimate of drug-likeness (QED) is 0.469. The highest BCUT2D eigenvalue weighted by atomic mass is 35.5. The maximum Gasteiger partial charge on any atom is 0.131 e. The Kier molecular flexibility index (Phi) is 2.91. The summed E-state index contributed by atoms with van der Waals surface area (Å²) in [6.07, 6.45) is 1.80. The minimum atomic E-state index is -0.246. The number of hydrogen-bond acceptors (Lipinski definition) is 1. The molecule has 0 atom stereocenters. The summed E-state index contributed by atoms with van der Waals surface area (Å²) >= 11 is 6.16. The second-order valence-corrected chi connectivity index (χ2v) is 5.70. The van der Waals surface area contributed by atoms with Crippen molar-refractivity contribution in [2.75, 3.05) is 0 Å². The predicted octanol–water partition coefficient (Wildman–Crippen LogP) is 5.26. The van der Waals surface area contributed by atoms with Crippen LogP contribution in [-0.2, 0) is 0 Å². The van der Waals surface area contributed by atoms with Crippen molar-refractivity contribution in [2.45, 2.75) is 6.92 Å². The smallest absolute Gasteiger partial charge is 0.131 e. The number of halogens is 2. The minimum Gasteiger partial charge on any atom is -0.297 e. The third-order valence-electron chi connectivity index (χ3n) is 3.91. The van der Waals surface area contributed by atoms with Crippen LogP contribution in [0.4, 0.5) is 4.39 Å². The van der Waals surface area contributed by atoms with Gasteiger partial charge in [-0.15, -0.1) is 0 Å². The monoisotopic (exact) mass is 310 g/mol. The lowest BCUT2D eigenvalue weighted by molar-refractivity contribution is 0.631. The van der Waals surface area contributed by atoms with E-state index in [1.165, 1.54) is 6.07 Å². The van der Waals surface area contributed by atoms with Crippen molar-refractivity contribution < 1.29 is 4.39 Å². The van der Waals surface area contributed by atoms with Gasteiger partial charge >= 0.3 is 0 Å². The fraction of sp³-hybridized carbons (Fsp3) is 0.0556. The summed E-state index contributed by atoms with van der Waals surface area (Å²) in [6.45, 7) is 1.95. The van der Waals surface area contributed by atoms with Crippen molar-refractivity contribution in [1.82, 2.24) is 9.38 Å². The topological polar surface area (TPSA) is 17.3 Å². The van der Waals surface area contributed by atoms with Crippen LogP contribution < -0.4 is 0 Å². The van der Waals surface area contributed by atoms with Gasteiger partial charge in [-0.25, -0.2) is 9.37 Å². The zero-order valence-corrected chi connectivity index (χ0v) is 12.6. The van der Waals surface area contributed by atoms with E-state index in [9.17, 15) is 4.39 Å². The van der Waals surface area contributed by atoms with Crippen LogP contribution in [-0.4, -0.2) is 9.38 Å².